The van der Waals surface area contributed by atoms with E-state index in [-0.39, 0.29) is 0 Å². The monoisotopic (exact) mass is 261 g/mol. The van der Waals surface area contributed by atoms with E-state index < -0.39 is 5.97 Å². The van der Waals surface area contributed by atoms with Crippen molar-refractivity contribution in [2.45, 2.75) is 0 Å². The summed E-state index contributed by atoms with van der Waals surface area (Å²) in [5.74, 6) is -0.901. The van der Waals surface area contributed by atoms with Gasteiger partial charge in [-0.3, -0.25) is 0 Å². The van der Waals surface area contributed by atoms with E-state index >= 15 is 0 Å². The largest absolute Gasteiger partial charge is 0.478 e. The van der Waals surface area contributed by atoms with E-state index in [4.69, 9.17) is 5.11 Å². The fourth-order valence-electron chi connectivity index (χ4n) is 2.77. The molecule has 1 heterocycles. The fourth-order valence-corrected chi connectivity index (χ4v) is 2.77. The van der Waals surface area contributed by atoms with Gasteiger partial charge in [0.1, 0.15) is 0 Å². The lowest BCUT2D eigenvalue weighted by atomic mass is 10.0. The molecular weight excluding hydrogens is 250 g/mol. The number of hydrogen-bond acceptors (Lipinski definition) is 1. The first-order valence-electron chi connectivity index (χ1n) is 6.40. The predicted molar refractivity (Wildman–Crippen MR) is 80.3 cm³/mol. The molecule has 0 radical (unpaired) electrons. The Bertz CT molecular complexity index is 982. The van der Waals surface area contributed by atoms with Gasteiger partial charge in [0, 0.05) is 21.7 Å². The zero-order valence-electron chi connectivity index (χ0n) is 10.6. The molecule has 0 bridgehead atoms. The molecule has 3 heteroatoms. The summed E-state index contributed by atoms with van der Waals surface area (Å²) >= 11 is 0. The number of aromatic nitrogens is 1. The second-order valence-corrected chi connectivity index (χ2v) is 4.90. The normalized spacial score (nSPS) is 11.4. The van der Waals surface area contributed by atoms with Crippen molar-refractivity contribution in [2.75, 3.05) is 0 Å². The minimum atomic E-state index is -0.901. The first-order chi connectivity index (χ1) is 9.74. The highest BCUT2D eigenvalue weighted by Gasteiger charge is 2.10. The number of carboxylic acids is 1. The van der Waals surface area contributed by atoms with Crippen LogP contribution in [0.25, 0.3) is 32.6 Å². The van der Waals surface area contributed by atoms with Gasteiger partial charge in [-0.2, -0.15) is 0 Å². The van der Waals surface area contributed by atoms with E-state index in [9.17, 15) is 4.79 Å². The predicted octanol–water partition coefficient (Wildman–Crippen LogP) is 4.17. The van der Waals surface area contributed by atoms with Gasteiger partial charge in [0.05, 0.1) is 11.1 Å². The van der Waals surface area contributed by atoms with Gasteiger partial charge < -0.3 is 10.1 Å². The van der Waals surface area contributed by atoms with Crippen LogP contribution in [0.1, 0.15) is 10.4 Å². The number of carbonyl (C=O) groups is 1. The minimum absolute atomic E-state index is 0.312. The van der Waals surface area contributed by atoms with Crippen LogP contribution in [0.4, 0.5) is 0 Å². The van der Waals surface area contributed by atoms with Crippen molar-refractivity contribution < 1.29 is 9.90 Å². The van der Waals surface area contributed by atoms with Crippen LogP contribution in [0.15, 0.2) is 54.6 Å². The molecule has 0 saturated heterocycles. The average molecular weight is 261 g/mol. The maximum atomic E-state index is 11.1. The van der Waals surface area contributed by atoms with E-state index in [1.807, 2.05) is 24.3 Å². The molecule has 20 heavy (non-hydrogen) atoms. The molecule has 0 spiro atoms. The maximum Gasteiger partial charge on any atom is 0.335 e. The van der Waals surface area contributed by atoms with Gasteiger partial charge in [-0.05, 0) is 23.6 Å². The summed E-state index contributed by atoms with van der Waals surface area (Å²) in [5.41, 5.74) is 2.33. The lowest BCUT2D eigenvalue weighted by Gasteiger charge is -1.99. The molecule has 1 aromatic heterocycles. The van der Waals surface area contributed by atoms with E-state index in [1.165, 1.54) is 5.39 Å². The lowest BCUT2D eigenvalue weighted by Crippen LogP contribution is -1.94. The third kappa shape index (κ3) is 1.43. The molecule has 3 nitrogen and oxygen atoms in total. The van der Waals surface area contributed by atoms with Gasteiger partial charge >= 0.3 is 5.97 Å². The molecule has 3 aromatic carbocycles. The Morgan fingerprint density at radius 2 is 1.75 bits per heavy atom. The Labute approximate surface area is 114 Å². The van der Waals surface area contributed by atoms with Gasteiger partial charge in [0.15, 0.2) is 0 Å². The number of aromatic carboxylic acids is 1. The first-order valence-corrected chi connectivity index (χ1v) is 6.40. The molecule has 0 fully saturated rings. The molecule has 96 valence electrons. The third-order valence-electron chi connectivity index (χ3n) is 3.75. The number of benzene rings is 3. The number of aromatic amines is 1. The van der Waals surface area contributed by atoms with Crippen LogP contribution in [-0.2, 0) is 0 Å². The molecule has 0 aliphatic rings. The molecular formula is C17H11NO2. The first kappa shape index (κ1) is 11.1. The van der Waals surface area contributed by atoms with Crippen LogP contribution in [-0.4, -0.2) is 16.1 Å². The molecule has 2 N–H and O–H groups in total. The topological polar surface area (TPSA) is 53.1 Å². The Morgan fingerprint density at radius 1 is 0.900 bits per heavy atom. The van der Waals surface area contributed by atoms with E-state index in [0.717, 1.165) is 27.2 Å². The summed E-state index contributed by atoms with van der Waals surface area (Å²) in [6.45, 7) is 0. The highest BCUT2D eigenvalue weighted by atomic mass is 16.4. The van der Waals surface area contributed by atoms with Crippen molar-refractivity contribution in [3.05, 3.63) is 60.2 Å². The van der Waals surface area contributed by atoms with Gasteiger partial charge in [0.25, 0.3) is 0 Å². The highest BCUT2D eigenvalue weighted by Crippen LogP contribution is 2.31. The van der Waals surface area contributed by atoms with Crippen LogP contribution in [0.3, 0.4) is 0 Å². The second kappa shape index (κ2) is 3.84. The number of rotatable bonds is 1. The number of carboxylic acid groups (broad SMARTS) is 1. The fraction of sp³-hybridized carbons (Fsp3) is 0. The zero-order chi connectivity index (χ0) is 13.7. The zero-order valence-corrected chi connectivity index (χ0v) is 10.6. The molecule has 0 aliphatic heterocycles. The van der Waals surface area contributed by atoms with Gasteiger partial charge in [-0.15, -0.1) is 0 Å². The van der Waals surface area contributed by atoms with E-state index in [1.54, 1.807) is 12.1 Å². The third-order valence-corrected chi connectivity index (χ3v) is 3.75. The Balaban J connectivity index is 2.19. The smallest absolute Gasteiger partial charge is 0.335 e. The summed E-state index contributed by atoms with van der Waals surface area (Å²) in [6, 6.07) is 17.5. The van der Waals surface area contributed by atoms with Gasteiger partial charge in [-0.25, -0.2) is 4.79 Å². The lowest BCUT2D eigenvalue weighted by molar-refractivity contribution is 0.0697. The molecule has 4 rings (SSSR count). The van der Waals surface area contributed by atoms with Crippen LogP contribution >= 0.6 is 0 Å². The van der Waals surface area contributed by atoms with E-state index in [2.05, 4.69) is 23.2 Å². The quantitative estimate of drug-likeness (QED) is 0.540. The van der Waals surface area contributed by atoms with Crippen molar-refractivity contribution in [1.29, 1.82) is 0 Å². The molecule has 0 amide bonds. The van der Waals surface area contributed by atoms with Crippen molar-refractivity contribution in [3.8, 4) is 0 Å². The van der Waals surface area contributed by atoms with Crippen molar-refractivity contribution >= 4 is 38.5 Å². The van der Waals surface area contributed by atoms with Crippen molar-refractivity contribution in [2.24, 2.45) is 0 Å². The second-order valence-electron chi connectivity index (χ2n) is 4.90. The van der Waals surface area contributed by atoms with Gasteiger partial charge in [0.2, 0.25) is 0 Å². The van der Waals surface area contributed by atoms with E-state index in [0.29, 0.717) is 5.56 Å². The molecule has 0 aliphatic carbocycles. The number of hydrogen-bond donors (Lipinski definition) is 2. The molecule has 0 unspecified atom stereocenters. The Kier molecular flexibility index (Phi) is 2.12. The maximum absolute atomic E-state index is 11.1. The van der Waals surface area contributed by atoms with Gasteiger partial charge in [-0.1, -0.05) is 36.4 Å². The molecule has 0 atom stereocenters. The number of H-pyrrole nitrogens is 1. The van der Waals surface area contributed by atoms with Crippen LogP contribution < -0.4 is 0 Å². The number of fused-ring (bicyclic) bond motifs is 5. The number of nitrogens with one attached hydrogen (secondary N) is 1. The van der Waals surface area contributed by atoms with Crippen LogP contribution in [0.2, 0.25) is 0 Å². The van der Waals surface area contributed by atoms with Crippen LogP contribution in [0.5, 0.6) is 0 Å². The van der Waals surface area contributed by atoms with Crippen molar-refractivity contribution in [3.63, 3.8) is 0 Å². The SMILES string of the molecule is O=C(O)c1ccc2[nH]c3c4ccccc4ccc3c2c1. The highest BCUT2D eigenvalue weighted by molar-refractivity contribution is 6.17. The summed E-state index contributed by atoms with van der Waals surface area (Å²) in [7, 11) is 0. The minimum Gasteiger partial charge on any atom is -0.478 e. The summed E-state index contributed by atoms with van der Waals surface area (Å²) in [4.78, 5) is 14.5. The molecule has 4 aromatic rings. The summed E-state index contributed by atoms with van der Waals surface area (Å²) < 4.78 is 0. The average Bonchev–Trinajstić information content (AvgIpc) is 2.85. The Hall–Kier alpha value is -2.81. The van der Waals surface area contributed by atoms with Crippen molar-refractivity contribution in [1.82, 2.24) is 4.98 Å². The standard InChI is InChI=1S/C17H11NO2/c19-17(20)11-6-8-15-14(9-11)13-7-5-10-3-1-2-4-12(10)16(13)18-15/h1-9,18H,(H,19,20). The molecule has 0 saturated carbocycles. The summed E-state index contributed by atoms with van der Waals surface area (Å²) in [5, 5.41) is 13.4. The summed E-state index contributed by atoms with van der Waals surface area (Å²) in [6.07, 6.45) is 0. The Morgan fingerprint density at radius 3 is 2.60 bits per heavy atom. The van der Waals surface area contributed by atoms with Crippen LogP contribution in [0, 0.1) is 0 Å².